The molecular formula is C17H16FN5OS. The number of halogens is 1. The van der Waals surface area contributed by atoms with Gasteiger partial charge in [-0.15, -0.1) is 11.3 Å². The zero-order valence-corrected chi connectivity index (χ0v) is 14.5. The number of aromatic nitrogens is 3. The van der Waals surface area contributed by atoms with Crippen LogP contribution in [0.4, 0.5) is 21.2 Å². The fourth-order valence-electron chi connectivity index (χ4n) is 2.26. The SMILES string of the molecule is Cc1cc(C)nc(Nc2nc(CC(=O)Nc3cccc(F)c3)cs2)n1. The first-order valence-corrected chi connectivity index (χ1v) is 8.45. The molecule has 0 aliphatic carbocycles. The van der Waals surface area contributed by atoms with Gasteiger partial charge in [0.1, 0.15) is 5.82 Å². The molecule has 0 fully saturated rings. The van der Waals surface area contributed by atoms with Crippen LogP contribution in [-0.2, 0) is 11.2 Å². The lowest BCUT2D eigenvalue weighted by atomic mass is 10.3. The molecule has 0 bridgehead atoms. The van der Waals surface area contributed by atoms with Crippen molar-refractivity contribution < 1.29 is 9.18 Å². The monoisotopic (exact) mass is 357 g/mol. The van der Waals surface area contributed by atoms with E-state index in [9.17, 15) is 9.18 Å². The summed E-state index contributed by atoms with van der Waals surface area (Å²) < 4.78 is 13.1. The van der Waals surface area contributed by atoms with Gasteiger partial charge in [0.15, 0.2) is 5.13 Å². The number of hydrogen-bond donors (Lipinski definition) is 2. The Bertz CT molecular complexity index is 891. The predicted octanol–water partition coefficient (Wildman–Crippen LogP) is 3.61. The molecule has 2 heterocycles. The normalized spacial score (nSPS) is 10.5. The highest BCUT2D eigenvalue weighted by Crippen LogP contribution is 2.20. The number of nitrogens with zero attached hydrogens (tertiary/aromatic N) is 3. The summed E-state index contributed by atoms with van der Waals surface area (Å²) in [6.45, 7) is 3.79. The Morgan fingerprint density at radius 1 is 1.16 bits per heavy atom. The molecular weight excluding hydrogens is 341 g/mol. The second-order valence-electron chi connectivity index (χ2n) is 5.48. The van der Waals surface area contributed by atoms with Gasteiger partial charge in [-0.3, -0.25) is 4.79 Å². The average molecular weight is 357 g/mol. The van der Waals surface area contributed by atoms with E-state index < -0.39 is 5.82 Å². The van der Waals surface area contributed by atoms with Crippen LogP contribution in [0.1, 0.15) is 17.1 Å². The van der Waals surface area contributed by atoms with E-state index in [1.54, 1.807) is 17.5 Å². The second-order valence-corrected chi connectivity index (χ2v) is 6.34. The fraction of sp³-hybridized carbons (Fsp3) is 0.176. The van der Waals surface area contributed by atoms with Crippen molar-refractivity contribution in [1.82, 2.24) is 15.0 Å². The molecule has 0 saturated heterocycles. The number of carbonyl (C=O) groups excluding carboxylic acids is 1. The third-order valence-electron chi connectivity index (χ3n) is 3.20. The smallest absolute Gasteiger partial charge is 0.230 e. The standard InChI is InChI=1S/C17H16FN5OS/c1-10-6-11(2)20-16(19-10)23-17-22-14(9-25-17)8-15(24)21-13-5-3-4-12(18)7-13/h3-7,9H,8H2,1-2H3,(H,21,24)(H,19,20,22,23). The Morgan fingerprint density at radius 2 is 1.92 bits per heavy atom. The molecule has 3 aromatic rings. The lowest BCUT2D eigenvalue weighted by Crippen LogP contribution is -2.14. The highest BCUT2D eigenvalue weighted by molar-refractivity contribution is 7.13. The zero-order valence-electron chi connectivity index (χ0n) is 13.7. The van der Waals surface area contributed by atoms with Crippen LogP contribution in [0.3, 0.4) is 0 Å². The van der Waals surface area contributed by atoms with E-state index in [1.165, 1.54) is 23.5 Å². The predicted molar refractivity (Wildman–Crippen MR) is 95.6 cm³/mol. The van der Waals surface area contributed by atoms with Crippen LogP contribution >= 0.6 is 11.3 Å². The van der Waals surface area contributed by atoms with Crippen LogP contribution in [0.5, 0.6) is 0 Å². The van der Waals surface area contributed by atoms with E-state index >= 15 is 0 Å². The van der Waals surface area contributed by atoms with Crippen molar-refractivity contribution in [2.45, 2.75) is 20.3 Å². The van der Waals surface area contributed by atoms with Crippen LogP contribution < -0.4 is 10.6 Å². The maximum absolute atomic E-state index is 13.1. The van der Waals surface area contributed by atoms with E-state index in [4.69, 9.17) is 0 Å². The molecule has 3 rings (SSSR count). The summed E-state index contributed by atoms with van der Waals surface area (Å²) in [6, 6.07) is 7.65. The molecule has 0 unspecified atom stereocenters. The summed E-state index contributed by atoms with van der Waals surface area (Å²) in [5, 5.41) is 8.08. The van der Waals surface area contributed by atoms with E-state index in [0.29, 0.717) is 22.5 Å². The molecule has 0 aliphatic rings. The van der Waals surface area contributed by atoms with E-state index in [0.717, 1.165) is 11.4 Å². The van der Waals surface area contributed by atoms with Gasteiger partial charge in [-0.05, 0) is 38.1 Å². The fourth-order valence-corrected chi connectivity index (χ4v) is 2.96. The number of benzene rings is 1. The van der Waals surface area contributed by atoms with Gasteiger partial charge in [0.25, 0.3) is 0 Å². The molecule has 25 heavy (non-hydrogen) atoms. The van der Waals surface area contributed by atoms with Crippen molar-refractivity contribution in [3.63, 3.8) is 0 Å². The minimum Gasteiger partial charge on any atom is -0.326 e. The molecule has 1 amide bonds. The summed E-state index contributed by atoms with van der Waals surface area (Å²) in [5.74, 6) is -0.181. The van der Waals surface area contributed by atoms with Crippen molar-refractivity contribution in [2.24, 2.45) is 0 Å². The quantitative estimate of drug-likeness (QED) is 0.729. The van der Waals surface area contributed by atoms with Crippen LogP contribution in [-0.4, -0.2) is 20.9 Å². The Hall–Kier alpha value is -2.87. The summed E-state index contributed by atoms with van der Waals surface area (Å²) >= 11 is 1.36. The first-order chi connectivity index (χ1) is 12.0. The van der Waals surface area contributed by atoms with Gasteiger partial charge in [-0.25, -0.2) is 19.3 Å². The van der Waals surface area contributed by atoms with Crippen LogP contribution in [0, 0.1) is 19.7 Å². The topological polar surface area (TPSA) is 79.8 Å². The molecule has 2 N–H and O–H groups in total. The summed E-state index contributed by atoms with van der Waals surface area (Å²) in [7, 11) is 0. The van der Waals surface area contributed by atoms with Crippen molar-refractivity contribution in [3.8, 4) is 0 Å². The van der Waals surface area contributed by atoms with Gasteiger partial charge < -0.3 is 10.6 Å². The number of carbonyl (C=O) groups is 1. The van der Waals surface area contributed by atoms with Crippen molar-refractivity contribution in [3.05, 3.63) is 58.6 Å². The van der Waals surface area contributed by atoms with Gasteiger partial charge >= 0.3 is 0 Å². The number of aryl methyl sites for hydroxylation is 2. The molecule has 128 valence electrons. The van der Waals surface area contributed by atoms with Crippen molar-refractivity contribution in [2.75, 3.05) is 10.6 Å². The van der Waals surface area contributed by atoms with Gasteiger partial charge in [0.05, 0.1) is 12.1 Å². The lowest BCUT2D eigenvalue weighted by Gasteiger charge is -2.04. The Morgan fingerprint density at radius 3 is 2.64 bits per heavy atom. The zero-order chi connectivity index (χ0) is 17.8. The second kappa shape index (κ2) is 7.35. The number of hydrogen-bond acceptors (Lipinski definition) is 6. The summed E-state index contributed by atoms with van der Waals surface area (Å²) in [4.78, 5) is 25.0. The van der Waals surface area contributed by atoms with E-state index in [-0.39, 0.29) is 12.3 Å². The van der Waals surface area contributed by atoms with Gasteiger partial charge in [-0.1, -0.05) is 6.07 Å². The minimum atomic E-state index is -0.397. The van der Waals surface area contributed by atoms with Gasteiger partial charge in [0, 0.05) is 22.5 Å². The third kappa shape index (κ3) is 4.80. The summed E-state index contributed by atoms with van der Waals surface area (Å²) in [5.41, 5.74) is 2.76. The Labute approximate surface area is 148 Å². The minimum absolute atomic E-state index is 0.0996. The third-order valence-corrected chi connectivity index (χ3v) is 4.01. The molecule has 0 saturated carbocycles. The summed E-state index contributed by atoms with van der Waals surface area (Å²) in [6.07, 6.45) is 0.0996. The molecule has 0 radical (unpaired) electrons. The highest BCUT2D eigenvalue weighted by atomic mass is 32.1. The number of rotatable bonds is 5. The average Bonchev–Trinajstić information content (AvgIpc) is 2.92. The molecule has 6 nitrogen and oxygen atoms in total. The van der Waals surface area contributed by atoms with Gasteiger partial charge in [-0.2, -0.15) is 0 Å². The van der Waals surface area contributed by atoms with Crippen molar-refractivity contribution in [1.29, 1.82) is 0 Å². The first kappa shape index (κ1) is 17.0. The van der Waals surface area contributed by atoms with Crippen LogP contribution in [0.15, 0.2) is 35.7 Å². The number of anilines is 3. The molecule has 1 aromatic carbocycles. The number of thiazole rings is 1. The Balaban J connectivity index is 1.62. The van der Waals surface area contributed by atoms with E-state index in [2.05, 4.69) is 25.6 Å². The van der Waals surface area contributed by atoms with Gasteiger partial charge in [0.2, 0.25) is 11.9 Å². The maximum atomic E-state index is 13.1. The molecule has 0 atom stereocenters. The largest absolute Gasteiger partial charge is 0.326 e. The van der Waals surface area contributed by atoms with Crippen LogP contribution in [0.2, 0.25) is 0 Å². The maximum Gasteiger partial charge on any atom is 0.230 e. The Kier molecular flexibility index (Phi) is 4.99. The lowest BCUT2D eigenvalue weighted by molar-refractivity contribution is -0.115. The molecule has 0 aliphatic heterocycles. The number of amides is 1. The highest BCUT2D eigenvalue weighted by Gasteiger charge is 2.10. The molecule has 8 heteroatoms. The van der Waals surface area contributed by atoms with E-state index in [1.807, 2.05) is 19.9 Å². The number of nitrogens with one attached hydrogen (secondary N) is 2. The first-order valence-electron chi connectivity index (χ1n) is 7.57. The van der Waals surface area contributed by atoms with Crippen LogP contribution in [0.25, 0.3) is 0 Å². The molecule has 0 spiro atoms. The molecule has 2 aromatic heterocycles. The van der Waals surface area contributed by atoms with Crippen molar-refractivity contribution >= 4 is 34.0 Å².